The number of aromatic nitrogens is 3. The number of anilines is 1. The fraction of sp³-hybridized carbons (Fsp3) is 0.154. The number of nitrogens with zero attached hydrogens (tertiary/aromatic N) is 3. The van der Waals surface area contributed by atoms with Crippen molar-refractivity contribution in [1.82, 2.24) is 15.0 Å². The standard InChI is InChI=1S/C13H12N4O4/c1-21-13(20)11-15-5-3-10(17-11)16-7-9-6-8(12(18)19)2-4-14-9/h2-6H,7H2,1H3,(H,18,19)(H,15,16,17). The largest absolute Gasteiger partial charge is 0.478 e. The molecule has 0 aromatic carbocycles. The minimum atomic E-state index is -1.02. The Morgan fingerprint density at radius 3 is 2.76 bits per heavy atom. The van der Waals surface area contributed by atoms with Crippen LogP contribution in [0.1, 0.15) is 26.7 Å². The normalized spacial score (nSPS) is 9.95. The maximum atomic E-state index is 11.3. The molecule has 0 fully saturated rings. The minimum Gasteiger partial charge on any atom is -0.478 e. The lowest BCUT2D eigenvalue weighted by molar-refractivity contribution is 0.0586. The lowest BCUT2D eigenvalue weighted by Crippen LogP contribution is -2.10. The number of nitrogens with one attached hydrogen (secondary N) is 1. The molecule has 2 aromatic rings. The Morgan fingerprint density at radius 1 is 1.29 bits per heavy atom. The summed E-state index contributed by atoms with van der Waals surface area (Å²) in [6, 6.07) is 4.44. The first-order valence-corrected chi connectivity index (χ1v) is 5.93. The summed E-state index contributed by atoms with van der Waals surface area (Å²) >= 11 is 0. The van der Waals surface area contributed by atoms with Crippen LogP contribution in [-0.2, 0) is 11.3 Å². The number of ether oxygens (including phenoxy) is 1. The zero-order valence-electron chi connectivity index (χ0n) is 11.1. The number of carbonyl (C=O) groups excluding carboxylic acids is 1. The number of pyridine rings is 1. The highest BCUT2D eigenvalue weighted by Crippen LogP contribution is 2.07. The summed E-state index contributed by atoms with van der Waals surface area (Å²) in [5.41, 5.74) is 0.688. The van der Waals surface area contributed by atoms with Gasteiger partial charge in [0.25, 0.3) is 0 Å². The van der Waals surface area contributed by atoms with Crippen molar-refractivity contribution in [3.8, 4) is 0 Å². The summed E-state index contributed by atoms with van der Waals surface area (Å²) in [7, 11) is 1.24. The molecule has 108 valence electrons. The van der Waals surface area contributed by atoms with E-state index in [1.54, 1.807) is 6.07 Å². The van der Waals surface area contributed by atoms with E-state index in [0.29, 0.717) is 11.5 Å². The third kappa shape index (κ3) is 3.72. The summed E-state index contributed by atoms with van der Waals surface area (Å²) in [5.74, 6) is -1.30. The third-order valence-electron chi connectivity index (χ3n) is 2.54. The number of carbonyl (C=O) groups is 2. The van der Waals surface area contributed by atoms with Crippen LogP contribution in [0.5, 0.6) is 0 Å². The molecule has 2 heterocycles. The van der Waals surface area contributed by atoms with Gasteiger partial charge in [0, 0.05) is 12.4 Å². The molecule has 8 nitrogen and oxygen atoms in total. The highest BCUT2D eigenvalue weighted by molar-refractivity contribution is 5.87. The van der Waals surface area contributed by atoms with Crippen molar-refractivity contribution in [3.63, 3.8) is 0 Å². The van der Waals surface area contributed by atoms with Crippen LogP contribution in [0.25, 0.3) is 0 Å². The van der Waals surface area contributed by atoms with E-state index in [1.807, 2.05) is 0 Å². The molecule has 0 atom stereocenters. The molecule has 0 radical (unpaired) electrons. The van der Waals surface area contributed by atoms with Gasteiger partial charge >= 0.3 is 11.9 Å². The lowest BCUT2D eigenvalue weighted by atomic mass is 10.2. The van der Waals surface area contributed by atoms with Gasteiger partial charge in [-0.15, -0.1) is 0 Å². The van der Waals surface area contributed by atoms with Gasteiger partial charge in [-0.1, -0.05) is 0 Å². The number of esters is 1. The van der Waals surface area contributed by atoms with Crippen molar-refractivity contribution in [2.75, 3.05) is 12.4 Å². The second kappa shape index (κ2) is 6.42. The van der Waals surface area contributed by atoms with Crippen LogP contribution in [0.15, 0.2) is 30.6 Å². The van der Waals surface area contributed by atoms with Gasteiger partial charge in [0.2, 0.25) is 5.82 Å². The molecule has 0 aliphatic rings. The highest BCUT2D eigenvalue weighted by Gasteiger charge is 2.09. The van der Waals surface area contributed by atoms with Gasteiger partial charge in [-0.25, -0.2) is 19.6 Å². The van der Waals surface area contributed by atoms with Gasteiger partial charge < -0.3 is 15.2 Å². The smallest absolute Gasteiger partial charge is 0.376 e. The van der Waals surface area contributed by atoms with Crippen LogP contribution >= 0.6 is 0 Å². The first-order chi connectivity index (χ1) is 10.1. The quantitative estimate of drug-likeness (QED) is 0.782. The van der Waals surface area contributed by atoms with Gasteiger partial charge in [-0.3, -0.25) is 4.98 Å². The molecule has 2 rings (SSSR count). The molecule has 0 aliphatic carbocycles. The van der Waals surface area contributed by atoms with E-state index in [4.69, 9.17) is 5.11 Å². The molecular weight excluding hydrogens is 276 g/mol. The van der Waals surface area contributed by atoms with E-state index < -0.39 is 11.9 Å². The Balaban J connectivity index is 2.08. The van der Waals surface area contributed by atoms with Crippen molar-refractivity contribution < 1.29 is 19.4 Å². The molecule has 0 spiro atoms. The zero-order chi connectivity index (χ0) is 15.2. The predicted molar refractivity (Wildman–Crippen MR) is 71.9 cm³/mol. The second-order valence-corrected chi connectivity index (χ2v) is 3.95. The molecule has 2 aromatic heterocycles. The Hall–Kier alpha value is -3.03. The Bertz CT molecular complexity index is 675. The molecule has 21 heavy (non-hydrogen) atoms. The summed E-state index contributed by atoms with van der Waals surface area (Å²) in [4.78, 5) is 34.0. The van der Waals surface area contributed by atoms with Gasteiger partial charge in [-0.05, 0) is 18.2 Å². The van der Waals surface area contributed by atoms with Crippen LogP contribution in [0, 0.1) is 0 Å². The molecular formula is C13H12N4O4. The number of hydrogen-bond acceptors (Lipinski definition) is 7. The van der Waals surface area contributed by atoms with Gasteiger partial charge in [0.1, 0.15) is 5.82 Å². The van der Waals surface area contributed by atoms with Crippen molar-refractivity contribution in [2.24, 2.45) is 0 Å². The summed E-state index contributed by atoms with van der Waals surface area (Å²) in [6.07, 6.45) is 2.84. The fourth-order valence-corrected chi connectivity index (χ4v) is 1.54. The van der Waals surface area contributed by atoms with Crippen LogP contribution in [0.3, 0.4) is 0 Å². The first-order valence-electron chi connectivity index (χ1n) is 5.93. The van der Waals surface area contributed by atoms with E-state index >= 15 is 0 Å². The molecule has 0 saturated heterocycles. The Labute approximate surface area is 119 Å². The predicted octanol–water partition coefficient (Wildman–Crippen LogP) is 0.968. The fourth-order valence-electron chi connectivity index (χ4n) is 1.54. The summed E-state index contributed by atoms with van der Waals surface area (Å²) in [5, 5.41) is 11.8. The third-order valence-corrected chi connectivity index (χ3v) is 2.54. The van der Waals surface area contributed by atoms with Crippen molar-refractivity contribution in [2.45, 2.75) is 6.54 Å². The highest BCUT2D eigenvalue weighted by atomic mass is 16.5. The Morgan fingerprint density at radius 2 is 2.05 bits per heavy atom. The monoisotopic (exact) mass is 288 g/mol. The molecule has 2 N–H and O–H groups in total. The van der Waals surface area contributed by atoms with E-state index in [1.165, 1.54) is 31.6 Å². The summed E-state index contributed by atoms with van der Waals surface area (Å²) in [6.45, 7) is 0.263. The molecule has 0 unspecified atom stereocenters. The van der Waals surface area contributed by atoms with Crippen LogP contribution in [0.4, 0.5) is 5.82 Å². The number of rotatable bonds is 5. The second-order valence-electron chi connectivity index (χ2n) is 3.95. The molecule has 0 aliphatic heterocycles. The van der Waals surface area contributed by atoms with Crippen LogP contribution < -0.4 is 5.32 Å². The van der Waals surface area contributed by atoms with E-state index in [-0.39, 0.29) is 17.9 Å². The number of methoxy groups -OCH3 is 1. The zero-order valence-corrected chi connectivity index (χ0v) is 11.1. The number of carboxylic acids is 1. The summed E-state index contributed by atoms with van der Waals surface area (Å²) < 4.78 is 4.53. The number of carboxylic acid groups (broad SMARTS) is 1. The van der Waals surface area contributed by atoms with E-state index in [9.17, 15) is 9.59 Å². The average molecular weight is 288 g/mol. The molecule has 0 amide bonds. The number of aromatic carboxylic acids is 1. The van der Waals surface area contributed by atoms with E-state index in [0.717, 1.165) is 0 Å². The maximum absolute atomic E-state index is 11.3. The number of hydrogen-bond donors (Lipinski definition) is 2. The van der Waals surface area contributed by atoms with Crippen molar-refractivity contribution in [3.05, 3.63) is 47.7 Å². The van der Waals surface area contributed by atoms with Crippen molar-refractivity contribution >= 4 is 17.8 Å². The van der Waals surface area contributed by atoms with E-state index in [2.05, 4.69) is 25.0 Å². The lowest BCUT2D eigenvalue weighted by Gasteiger charge is -2.06. The minimum absolute atomic E-state index is 0.0604. The van der Waals surface area contributed by atoms with Gasteiger partial charge in [-0.2, -0.15) is 0 Å². The van der Waals surface area contributed by atoms with Crippen LogP contribution in [-0.4, -0.2) is 39.1 Å². The average Bonchev–Trinajstić information content (AvgIpc) is 2.52. The SMILES string of the molecule is COC(=O)c1nccc(NCc2cc(C(=O)O)ccn2)n1. The topological polar surface area (TPSA) is 114 Å². The van der Waals surface area contributed by atoms with Gasteiger partial charge in [0.15, 0.2) is 0 Å². The van der Waals surface area contributed by atoms with Crippen LogP contribution in [0.2, 0.25) is 0 Å². The van der Waals surface area contributed by atoms with Gasteiger partial charge in [0.05, 0.1) is 24.9 Å². The van der Waals surface area contributed by atoms with Crippen molar-refractivity contribution in [1.29, 1.82) is 0 Å². The Kier molecular flexibility index (Phi) is 4.39. The molecule has 8 heteroatoms. The first kappa shape index (κ1) is 14.4. The maximum Gasteiger partial charge on any atom is 0.376 e. The molecule has 0 saturated carbocycles. The molecule has 0 bridgehead atoms.